The number of carbonyl (C=O) groups excluding carboxylic acids is 1. The van der Waals surface area contributed by atoms with Gasteiger partial charge in [0, 0.05) is 13.1 Å². The molecule has 0 aromatic rings. The summed E-state index contributed by atoms with van der Waals surface area (Å²) in [4.78, 5) is 13.5. The Balaban J connectivity index is 3.91. The van der Waals surface area contributed by atoms with E-state index in [9.17, 15) is 4.79 Å². The Hall–Kier alpha value is -0.770. The van der Waals surface area contributed by atoms with Gasteiger partial charge in [-0.15, -0.1) is 0 Å². The number of ether oxygens (including phenoxy) is 1. The molecule has 0 unspecified atom stereocenters. The molecule has 96 valence electrons. The number of amides is 1. The number of likely N-dealkylation sites (N-methyl/N-ethyl adjacent to an activating group) is 1. The zero-order chi connectivity index (χ0) is 12.6. The van der Waals surface area contributed by atoms with Gasteiger partial charge in [0.05, 0.1) is 21.1 Å². The molecule has 0 heterocycles. The van der Waals surface area contributed by atoms with Crippen LogP contribution in [-0.2, 0) is 4.74 Å². The summed E-state index contributed by atoms with van der Waals surface area (Å²) in [5, 5.41) is 0. The minimum Gasteiger partial charge on any atom is -0.443 e. The van der Waals surface area contributed by atoms with Crippen LogP contribution in [0.4, 0.5) is 4.79 Å². The van der Waals surface area contributed by atoms with Gasteiger partial charge < -0.3 is 14.1 Å². The van der Waals surface area contributed by atoms with Crippen molar-refractivity contribution in [3.05, 3.63) is 0 Å². The van der Waals surface area contributed by atoms with E-state index in [1.165, 1.54) is 0 Å². The average Bonchev–Trinajstić information content (AvgIpc) is 2.15. The molecule has 0 fully saturated rings. The molecule has 0 aliphatic carbocycles. The first-order chi connectivity index (χ1) is 7.40. The number of quaternary nitrogens is 1. The molecule has 0 aliphatic rings. The molecule has 0 bridgehead atoms. The topological polar surface area (TPSA) is 29.5 Å². The van der Waals surface area contributed by atoms with Crippen molar-refractivity contribution in [1.82, 2.24) is 4.90 Å². The van der Waals surface area contributed by atoms with Crippen LogP contribution >= 0.6 is 0 Å². The van der Waals surface area contributed by atoms with Crippen LogP contribution in [0.25, 0.3) is 0 Å². The lowest BCUT2D eigenvalue weighted by Gasteiger charge is -2.25. The lowest BCUT2D eigenvalue weighted by molar-refractivity contribution is -0.870. The summed E-state index contributed by atoms with van der Waals surface area (Å²) < 4.78 is 6.07. The Morgan fingerprint density at radius 2 is 1.62 bits per heavy atom. The zero-order valence-corrected chi connectivity index (χ0v) is 11.5. The van der Waals surface area contributed by atoms with Crippen LogP contribution in [0.3, 0.4) is 0 Å². The van der Waals surface area contributed by atoms with E-state index in [1.807, 2.05) is 0 Å². The van der Waals surface area contributed by atoms with E-state index in [-0.39, 0.29) is 6.09 Å². The fourth-order valence-electron chi connectivity index (χ4n) is 1.33. The van der Waals surface area contributed by atoms with Crippen LogP contribution in [0.1, 0.15) is 26.7 Å². The number of rotatable bonds is 7. The van der Waals surface area contributed by atoms with Gasteiger partial charge in [-0.05, 0) is 12.8 Å². The maximum Gasteiger partial charge on any atom is 0.409 e. The van der Waals surface area contributed by atoms with Gasteiger partial charge >= 0.3 is 6.09 Å². The minimum absolute atomic E-state index is 0.169. The third-order valence-corrected chi connectivity index (χ3v) is 2.23. The molecule has 0 aromatic carbocycles. The molecule has 0 atom stereocenters. The first kappa shape index (κ1) is 15.2. The molecule has 0 N–H and O–H groups in total. The predicted molar refractivity (Wildman–Crippen MR) is 66.4 cm³/mol. The van der Waals surface area contributed by atoms with Gasteiger partial charge in [0.1, 0.15) is 13.2 Å². The molecule has 0 saturated carbocycles. The first-order valence-corrected chi connectivity index (χ1v) is 6.13. The van der Waals surface area contributed by atoms with Crippen molar-refractivity contribution in [2.75, 3.05) is 47.4 Å². The summed E-state index contributed by atoms with van der Waals surface area (Å²) in [6.45, 7) is 7.06. The highest BCUT2D eigenvalue weighted by Gasteiger charge is 2.14. The summed E-state index contributed by atoms with van der Waals surface area (Å²) in [6.07, 6.45) is 1.78. The Kier molecular flexibility index (Phi) is 7.13. The third kappa shape index (κ3) is 7.51. The van der Waals surface area contributed by atoms with E-state index in [1.54, 1.807) is 4.90 Å². The van der Waals surface area contributed by atoms with Crippen LogP contribution in [0, 0.1) is 0 Å². The van der Waals surface area contributed by atoms with Gasteiger partial charge in [0.25, 0.3) is 0 Å². The Bertz CT molecular complexity index is 194. The van der Waals surface area contributed by atoms with Gasteiger partial charge in [-0.25, -0.2) is 4.79 Å². The SMILES string of the molecule is CCCN(CCC)C(=O)OCC[N+](C)(C)C. The van der Waals surface area contributed by atoms with Gasteiger partial charge in [-0.2, -0.15) is 0 Å². The summed E-state index contributed by atoms with van der Waals surface area (Å²) in [7, 11) is 6.26. The maximum absolute atomic E-state index is 11.7. The molecule has 4 heteroatoms. The van der Waals surface area contributed by atoms with Gasteiger partial charge in [-0.3, -0.25) is 0 Å². The van der Waals surface area contributed by atoms with Gasteiger partial charge in [-0.1, -0.05) is 13.8 Å². The highest BCUT2D eigenvalue weighted by Crippen LogP contribution is 1.99. The Morgan fingerprint density at radius 1 is 1.12 bits per heavy atom. The molecule has 0 rings (SSSR count). The van der Waals surface area contributed by atoms with Crippen LogP contribution in [0.15, 0.2) is 0 Å². The normalized spacial score (nSPS) is 11.3. The largest absolute Gasteiger partial charge is 0.443 e. The van der Waals surface area contributed by atoms with E-state index in [0.717, 1.165) is 37.0 Å². The van der Waals surface area contributed by atoms with Crippen molar-refractivity contribution in [2.24, 2.45) is 0 Å². The van der Waals surface area contributed by atoms with Crippen LogP contribution in [0.2, 0.25) is 0 Å². The molecule has 4 nitrogen and oxygen atoms in total. The molecular weight excluding hydrogens is 204 g/mol. The minimum atomic E-state index is -0.169. The summed E-state index contributed by atoms with van der Waals surface area (Å²) in [6, 6.07) is 0. The molecule has 16 heavy (non-hydrogen) atoms. The molecule has 0 radical (unpaired) electrons. The highest BCUT2D eigenvalue weighted by molar-refractivity contribution is 5.67. The molecule has 1 amide bonds. The van der Waals surface area contributed by atoms with Crippen LogP contribution in [-0.4, -0.2) is 62.9 Å². The lowest BCUT2D eigenvalue weighted by Crippen LogP contribution is -2.40. The second kappa shape index (κ2) is 7.49. The van der Waals surface area contributed by atoms with E-state index in [2.05, 4.69) is 35.0 Å². The second-order valence-corrected chi connectivity index (χ2v) is 5.12. The monoisotopic (exact) mass is 231 g/mol. The Labute approximate surface area is 99.8 Å². The smallest absolute Gasteiger partial charge is 0.409 e. The molecule has 0 aromatic heterocycles. The van der Waals surface area contributed by atoms with Crippen molar-refractivity contribution in [3.8, 4) is 0 Å². The predicted octanol–water partition coefficient (Wildman–Crippen LogP) is 1.95. The first-order valence-electron chi connectivity index (χ1n) is 6.13. The fraction of sp³-hybridized carbons (Fsp3) is 0.917. The average molecular weight is 231 g/mol. The Morgan fingerprint density at radius 3 is 2.00 bits per heavy atom. The zero-order valence-electron chi connectivity index (χ0n) is 11.5. The van der Waals surface area contributed by atoms with Crippen LogP contribution in [0.5, 0.6) is 0 Å². The second-order valence-electron chi connectivity index (χ2n) is 5.12. The molecule has 0 saturated heterocycles. The van der Waals surface area contributed by atoms with Crippen LogP contribution < -0.4 is 0 Å². The third-order valence-electron chi connectivity index (χ3n) is 2.23. The standard InChI is InChI=1S/C12H27N2O2/c1-6-8-13(9-7-2)12(15)16-11-10-14(3,4)5/h6-11H2,1-5H3/q+1. The van der Waals surface area contributed by atoms with E-state index < -0.39 is 0 Å². The molecular formula is C12H27N2O2+. The van der Waals surface area contributed by atoms with Crippen molar-refractivity contribution >= 4 is 6.09 Å². The highest BCUT2D eigenvalue weighted by atomic mass is 16.6. The van der Waals surface area contributed by atoms with E-state index in [4.69, 9.17) is 4.74 Å². The summed E-state index contributed by atoms with van der Waals surface area (Å²) in [5.41, 5.74) is 0. The van der Waals surface area contributed by atoms with Crippen molar-refractivity contribution in [2.45, 2.75) is 26.7 Å². The van der Waals surface area contributed by atoms with Gasteiger partial charge in [0.2, 0.25) is 0 Å². The lowest BCUT2D eigenvalue weighted by atomic mass is 10.4. The number of hydrogen-bond acceptors (Lipinski definition) is 2. The van der Waals surface area contributed by atoms with E-state index in [0.29, 0.717) is 6.61 Å². The quantitative estimate of drug-likeness (QED) is 0.627. The number of carbonyl (C=O) groups is 1. The summed E-state index contributed by atoms with van der Waals surface area (Å²) in [5.74, 6) is 0. The fourth-order valence-corrected chi connectivity index (χ4v) is 1.33. The molecule has 0 spiro atoms. The van der Waals surface area contributed by atoms with Crippen molar-refractivity contribution in [1.29, 1.82) is 0 Å². The van der Waals surface area contributed by atoms with Gasteiger partial charge in [0.15, 0.2) is 0 Å². The van der Waals surface area contributed by atoms with Crippen molar-refractivity contribution < 1.29 is 14.0 Å². The summed E-state index contributed by atoms with van der Waals surface area (Å²) >= 11 is 0. The number of hydrogen-bond donors (Lipinski definition) is 0. The maximum atomic E-state index is 11.7. The molecule has 0 aliphatic heterocycles. The van der Waals surface area contributed by atoms with E-state index >= 15 is 0 Å². The van der Waals surface area contributed by atoms with Crippen molar-refractivity contribution in [3.63, 3.8) is 0 Å². The number of nitrogens with zero attached hydrogens (tertiary/aromatic N) is 2.